The standard InChI is InChI=1S/C21H25N5O2/c1-3-12-25(13-4-2)21(28)19-24-18(17-10-6-8-14-26(17)19)20(27)23-15-16-9-5-7-11-22-16/h5-11,14H,3-4,12-13,15H2,1-2H3,(H,23,27). The van der Waals surface area contributed by atoms with Crippen molar-refractivity contribution >= 4 is 17.3 Å². The van der Waals surface area contributed by atoms with E-state index >= 15 is 0 Å². The molecule has 3 aromatic rings. The Hall–Kier alpha value is -3.22. The molecule has 0 atom stereocenters. The fraction of sp³-hybridized carbons (Fsp3) is 0.333. The molecule has 0 aliphatic heterocycles. The van der Waals surface area contributed by atoms with E-state index in [4.69, 9.17) is 0 Å². The zero-order chi connectivity index (χ0) is 19.9. The maximum Gasteiger partial charge on any atom is 0.290 e. The SMILES string of the molecule is CCCN(CCC)C(=O)c1nc(C(=O)NCc2ccccn2)c2ccccn12. The minimum atomic E-state index is -0.328. The fourth-order valence-corrected chi connectivity index (χ4v) is 3.11. The minimum absolute atomic E-state index is 0.159. The molecule has 0 saturated heterocycles. The zero-order valence-electron chi connectivity index (χ0n) is 16.3. The highest BCUT2D eigenvalue weighted by atomic mass is 16.2. The van der Waals surface area contributed by atoms with Crippen molar-refractivity contribution in [1.29, 1.82) is 0 Å². The number of carbonyl (C=O) groups excluding carboxylic acids is 2. The van der Waals surface area contributed by atoms with Gasteiger partial charge in [0.05, 0.1) is 17.8 Å². The van der Waals surface area contributed by atoms with E-state index in [1.807, 2.05) is 44.2 Å². The van der Waals surface area contributed by atoms with Crippen molar-refractivity contribution in [2.45, 2.75) is 33.2 Å². The van der Waals surface area contributed by atoms with E-state index in [1.54, 1.807) is 27.8 Å². The number of hydrogen-bond acceptors (Lipinski definition) is 4. The Bertz CT molecular complexity index is 946. The molecule has 7 nitrogen and oxygen atoms in total. The molecule has 0 unspecified atom stereocenters. The van der Waals surface area contributed by atoms with Gasteiger partial charge in [0, 0.05) is 25.5 Å². The Morgan fingerprint density at radius 3 is 2.50 bits per heavy atom. The molecule has 3 heterocycles. The molecule has 7 heteroatoms. The highest BCUT2D eigenvalue weighted by Crippen LogP contribution is 2.15. The third-order valence-electron chi connectivity index (χ3n) is 4.39. The first-order chi connectivity index (χ1) is 13.7. The summed E-state index contributed by atoms with van der Waals surface area (Å²) in [7, 11) is 0. The molecular formula is C21H25N5O2. The molecule has 28 heavy (non-hydrogen) atoms. The quantitative estimate of drug-likeness (QED) is 0.653. The third-order valence-corrected chi connectivity index (χ3v) is 4.39. The van der Waals surface area contributed by atoms with Crippen molar-refractivity contribution in [2.75, 3.05) is 13.1 Å². The number of imidazole rings is 1. The molecule has 0 bridgehead atoms. The second kappa shape index (κ2) is 9.12. The summed E-state index contributed by atoms with van der Waals surface area (Å²) in [6, 6.07) is 11.0. The summed E-state index contributed by atoms with van der Waals surface area (Å²) in [5, 5.41) is 2.84. The van der Waals surface area contributed by atoms with Crippen LogP contribution in [0.15, 0.2) is 48.8 Å². The molecule has 0 saturated carbocycles. The van der Waals surface area contributed by atoms with Crippen LogP contribution in [0.2, 0.25) is 0 Å². The van der Waals surface area contributed by atoms with Crippen LogP contribution in [-0.2, 0) is 6.54 Å². The lowest BCUT2D eigenvalue weighted by Gasteiger charge is -2.20. The monoisotopic (exact) mass is 379 g/mol. The molecule has 2 amide bonds. The summed E-state index contributed by atoms with van der Waals surface area (Å²) in [5.41, 5.74) is 1.61. The summed E-state index contributed by atoms with van der Waals surface area (Å²) < 4.78 is 1.69. The molecule has 0 spiro atoms. The smallest absolute Gasteiger partial charge is 0.290 e. The number of amides is 2. The van der Waals surface area contributed by atoms with E-state index in [0.717, 1.165) is 18.5 Å². The maximum atomic E-state index is 13.1. The first-order valence-electron chi connectivity index (χ1n) is 9.60. The van der Waals surface area contributed by atoms with Crippen LogP contribution in [0, 0.1) is 0 Å². The highest BCUT2D eigenvalue weighted by Gasteiger charge is 2.24. The predicted molar refractivity (Wildman–Crippen MR) is 107 cm³/mol. The van der Waals surface area contributed by atoms with Gasteiger partial charge >= 0.3 is 0 Å². The minimum Gasteiger partial charge on any atom is -0.345 e. The van der Waals surface area contributed by atoms with E-state index in [-0.39, 0.29) is 23.3 Å². The first-order valence-corrected chi connectivity index (χ1v) is 9.60. The summed E-state index contributed by atoms with van der Waals surface area (Å²) in [5.74, 6) is -0.222. The van der Waals surface area contributed by atoms with Gasteiger partial charge in [-0.3, -0.25) is 19.0 Å². The molecule has 1 N–H and O–H groups in total. The molecular weight excluding hydrogens is 354 g/mol. The second-order valence-corrected chi connectivity index (χ2v) is 6.54. The zero-order valence-corrected chi connectivity index (χ0v) is 16.3. The normalized spacial score (nSPS) is 10.8. The van der Waals surface area contributed by atoms with Gasteiger partial charge in [-0.2, -0.15) is 0 Å². The number of nitrogens with one attached hydrogen (secondary N) is 1. The van der Waals surface area contributed by atoms with Crippen LogP contribution >= 0.6 is 0 Å². The molecule has 146 valence electrons. The third kappa shape index (κ3) is 4.19. The van der Waals surface area contributed by atoms with Crippen molar-refractivity contribution in [1.82, 2.24) is 24.6 Å². The van der Waals surface area contributed by atoms with Gasteiger partial charge in [0.2, 0.25) is 5.82 Å². The van der Waals surface area contributed by atoms with E-state index in [1.165, 1.54) is 0 Å². The maximum absolute atomic E-state index is 13.1. The Morgan fingerprint density at radius 1 is 1.07 bits per heavy atom. The van der Waals surface area contributed by atoms with Gasteiger partial charge in [-0.05, 0) is 37.1 Å². The van der Waals surface area contributed by atoms with Gasteiger partial charge in [-0.1, -0.05) is 26.0 Å². The van der Waals surface area contributed by atoms with Crippen LogP contribution in [-0.4, -0.2) is 44.2 Å². The Balaban J connectivity index is 1.89. The highest BCUT2D eigenvalue weighted by molar-refractivity contribution is 6.02. The first kappa shape index (κ1) is 19.5. The number of hydrogen-bond donors (Lipinski definition) is 1. The number of fused-ring (bicyclic) bond motifs is 1. The largest absolute Gasteiger partial charge is 0.345 e. The lowest BCUT2D eigenvalue weighted by molar-refractivity contribution is 0.0742. The van der Waals surface area contributed by atoms with Gasteiger partial charge in [-0.15, -0.1) is 0 Å². The van der Waals surface area contributed by atoms with Crippen LogP contribution in [0.3, 0.4) is 0 Å². The van der Waals surface area contributed by atoms with Crippen molar-refractivity contribution in [3.8, 4) is 0 Å². The van der Waals surface area contributed by atoms with Crippen LogP contribution in [0.4, 0.5) is 0 Å². The average Bonchev–Trinajstić information content (AvgIpc) is 3.12. The number of carbonyl (C=O) groups is 2. The molecule has 0 aliphatic carbocycles. The summed E-state index contributed by atoms with van der Waals surface area (Å²) in [4.78, 5) is 36.2. The topological polar surface area (TPSA) is 79.6 Å². The summed E-state index contributed by atoms with van der Waals surface area (Å²) in [6.45, 7) is 5.70. The summed E-state index contributed by atoms with van der Waals surface area (Å²) >= 11 is 0. The second-order valence-electron chi connectivity index (χ2n) is 6.54. The number of pyridine rings is 2. The number of rotatable bonds is 8. The fourth-order valence-electron chi connectivity index (χ4n) is 3.11. The van der Waals surface area contributed by atoms with Crippen LogP contribution < -0.4 is 5.32 Å². The number of aromatic nitrogens is 3. The molecule has 0 radical (unpaired) electrons. The van der Waals surface area contributed by atoms with E-state index in [9.17, 15) is 9.59 Å². The van der Waals surface area contributed by atoms with Gasteiger partial charge in [0.1, 0.15) is 0 Å². The van der Waals surface area contributed by atoms with Crippen LogP contribution in [0.25, 0.3) is 5.52 Å². The van der Waals surface area contributed by atoms with Gasteiger partial charge in [0.25, 0.3) is 11.8 Å². The van der Waals surface area contributed by atoms with Crippen molar-refractivity contribution in [3.63, 3.8) is 0 Å². The van der Waals surface area contributed by atoms with E-state index in [2.05, 4.69) is 15.3 Å². The van der Waals surface area contributed by atoms with E-state index in [0.29, 0.717) is 25.2 Å². The van der Waals surface area contributed by atoms with Crippen molar-refractivity contribution in [2.24, 2.45) is 0 Å². The van der Waals surface area contributed by atoms with Crippen LogP contribution in [0.1, 0.15) is 53.5 Å². The van der Waals surface area contributed by atoms with Crippen molar-refractivity contribution in [3.05, 3.63) is 66.0 Å². The Morgan fingerprint density at radius 2 is 1.82 bits per heavy atom. The molecule has 3 rings (SSSR count). The number of nitrogens with zero attached hydrogens (tertiary/aromatic N) is 4. The summed E-state index contributed by atoms with van der Waals surface area (Å²) in [6.07, 6.45) is 5.18. The van der Waals surface area contributed by atoms with Crippen molar-refractivity contribution < 1.29 is 9.59 Å². The molecule has 0 aromatic carbocycles. The average molecular weight is 379 g/mol. The Kier molecular flexibility index (Phi) is 6.37. The molecule has 0 aliphatic rings. The van der Waals surface area contributed by atoms with Crippen LogP contribution in [0.5, 0.6) is 0 Å². The lowest BCUT2D eigenvalue weighted by atomic mass is 10.3. The van der Waals surface area contributed by atoms with Gasteiger partial charge < -0.3 is 10.2 Å². The Labute approximate surface area is 164 Å². The predicted octanol–water partition coefficient (Wildman–Crippen LogP) is 2.92. The molecule has 0 fully saturated rings. The van der Waals surface area contributed by atoms with Gasteiger partial charge in [-0.25, -0.2) is 4.98 Å². The van der Waals surface area contributed by atoms with E-state index < -0.39 is 0 Å². The molecule has 3 aromatic heterocycles. The lowest BCUT2D eigenvalue weighted by Crippen LogP contribution is -2.33. The van der Waals surface area contributed by atoms with Gasteiger partial charge in [0.15, 0.2) is 5.69 Å².